The van der Waals surface area contributed by atoms with Gasteiger partial charge in [-0.3, -0.25) is 4.90 Å². The van der Waals surface area contributed by atoms with Crippen LogP contribution in [0.25, 0.3) is 0 Å². The largest absolute Gasteiger partial charge is 0.490 e. The molecule has 2 atom stereocenters. The van der Waals surface area contributed by atoms with E-state index in [0.717, 1.165) is 54.2 Å². The van der Waals surface area contributed by atoms with E-state index >= 15 is 0 Å². The van der Waals surface area contributed by atoms with Crippen molar-refractivity contribution >= 4 is 11.8 Å². The number of benzene rings is 8. The molecule has 6 heteroatoms. The minimum Gasteiger partial charge on any atom is -0.490 e. The number of cyclic esters (lactones) is 1. The molecule has 73 heavy (non-hydrogen) atoms. The maximum Gasteiger partial charge on any atom is 0.414 e. The second-order valence-electron chi connectivity index (χ2n) is 21.3. The van der Waals surface area contributed by atoms with Gasteiger partial charge in [-0.05, 0) is 106 Å². The number of hydrogen-bond acceptors (Lipinski definition) is 5. The molecule has 0 N–H and O–H groups in total. The van der Waals surface area contributed by atoms with Crippen LogP contribution >= 0.6 is 0 Å². The predicted octanol–water partition coefficient (Wildman–Crippen LogP) is 14.6. The van der Waals surface area contributed by atoms with Crippen LogP contribution < -0.4 is 14.4 Å². The van der Waals surface area contributed by atoms with E-state index in [1.807, 2.05) is 12.1 Å². The van der Waals surface area contributed by atoms with Gasteiger partial charge in [-0.15, -0.1) is 0 Å². The Balaban J connectivity index is 1.00. The lowest BCUT2D eigenvalue weighted by Gasteiger charge is -2.34. The lowest BCUT2D eigenvalue weighted by molar-refractivity contribution is 0.0442. The summed E-state index contributed by atoms with van der Waals surface area (Å²) in [7, 11) is 0. The van der Waals surface area contributed by atoms with Gasteiger partial charge in [0.1, 0.15) is 35.9 Å². The fourth-order valence-corrected chi connectivity index (χ4v) is 10.3. The molecule has 2 unspecified atom stereocenters. The van der Waals surface area contributed by atoms with Gasteiger partial charge in [0.25, 0.3) is 0 Å². The molecule has 1 amide bonds. The number of carbonyl (C=O) groups excluding carboxylic acids is 1. The van der Waals surface area contributed by atoms with E-state index in [4.69, 9.17) is 18.9 Å². The third-order valence-electron chi connectivity index (χ3n) is 14.4. The topological polar surface area (TPSA) is 60.5 Å². The molecule has 8 aromatic carbocycles. The van der Waals surface area contributed by atoms with Gasteiger partial charge in [-0.25, -0.2) is 4.79 Å². The van der Waals surface area contributed by atoms with E-state index in [-0.39, 0.29) is 18.3 Å². The zero-order valence-electron chi connectivity index (χ0n) is 43.0. The summed E-state index contributed by atoms with van der Waals surface area (Å²) in [6, 6.07) is 69.2. The van der Waals surface area contributed by atoms with E-state index in [2.05, 4.69) is 217 Å². The Morgan fingerprint density at radius 2 is 0.904 bits per heavy atom. The highest BCUT2D eigenvalue weighted by Gasteiger charge is 2.38. The predicted molar refractivity (Wildman–Crippen MR) is 295 cm³/mol. The van der Waals surface area contributed by atoms with Crippen LogP contribution in [-0.2, 0) is 47.0 Å². The third-order valence-corrected chi connectivity index (χ3v) is 14.4. The molecule has 2 heterocycles. The molecule has 0 aromatic heterocycles. The van der Waals surface area contributed by atoms with Crippen molar-refractivity contribution in [2.45, 2.75) is 96.4 Å². The number of epoxide rings is 1. The summed E-state index contributed by atoms with van der Waals surface area (Å²) < 4.78 is 26.0. The van der Waals surface area contributed by atoms with E-state index in [1.54, 1.807) is 4.90 Å². The van der Waals surface area contributed by atoms with Crippen LogP contribution in [0.5, 0.6) is 11.5 Å². The summed E-state index contributed by atoms with van der Waals surface area (Å²) in [4.78, 5) is 15.3. The molecule has 2 aliphatic heterocycles. The Labute approximate surface area is 432 Å². The van der Waals surface area contributed by atoms with Gasteiger partial charge in [0.2, 0.25) is 0 Å². The first-order chi connectivity index (χ1) is 35.4. The van der Waals surface area contributed by atoms with Crippen molar-refractivity contribution in [2.75, 3.05) is 24.7 Å². The normalized spacial score (nSPS) is 15.5. The molecule has 0 saturated carbocycles. The second-order valence-corrected chi connectivity index (χ2v) is 21.3. The van der Waals surface area contributed by atoms with Gasteiger partial charge in [0.15, 0.2) is 0 Å². The molecule has 370 valence electrons. The number of anilines is 1. The van der Waals surface area contributed by atoms with Crippen molar-refractivity contribution in [1.29, 1.82) is 0 Å². The van der Waals surface area contributed by atoms with Crippen LogP contribution in [0, 0.1) is 6.92 Å². The molecule has 8 aromatic rings. The fourth-order valence-electron chi connectivity index (χ4n) is 10.3. The number of hydrogen-bond donors (Lipinski definition) is 0. The third kappa shape index (κ3) is 12.4. The quantitative estimate of drug-likeness (QED) is 0.0712. The van der Waals surface area contributed by atoms with Gasteiger partial charge >= 0.3 is 6.09 Å². The lowest BCUT2D eigenvalue weighted by atomic mass is 9.74. The van der Waals surface area contributed by atoms with Crippen molar-refractivity contribution < 1.29 is 23.7 Å². The van der Waals surface area contributed by atoms with Gasteiger partial charge in [0, 0.05) is 43.2 Å². The smallest absolute Gasteiger partial charge is 0.414 e. The highest BCUT2D eigenvalue weighted by Crippen LogP contribution is 2.43. The molecule has 2 saturated heterocycles. The van der Waals surface area contributed by atoms with E-state index in [0.29, 0.717) is 32.4 Å². The molecular weight excluding hydrogens is 899 g/mol. The average Bonchev–Trinajstić information content (AvgIpc) is 4.16. The number of rotatable bonds is 20. The van der Waals surface area contributed by atoms with Gasteiger partial charge in [-0.2, -0.15) is 0 Å². The molecule has 0 bridgehead atoms. The zero-order valence-corrected chi connectivity index (χ0v) is 43.0. The van der Waals surface area contributed by atoms with Crippen molar-refractivity contribution in [2.24, 2.45) is 0 Å². The summed E-state index contributed by atoms with van der Waals surface area (Å²) >= 11 is 0. The molecule has 2 aliphatic rings. The molecule has 0 aliphatic carbocycles. The van der Waals surface area contributed by atoms with Crippen molar-refractivity contribution in [3.63, 3.8) is 0 Å². The number of nitrogens with zero attached hydrogens (tertiary/aromatic N) is 1. The number of carbonyl (C=O) groups is 1. The Morgan fingerprint density at radius 3 is 1.33 bits per heavy atom. The SMILES string of the molecule is Cc1ccc(Cc2ccc(N3CC(CC(C)(C)Oc4c(Cc5ccccc5)cc(C(C)(C)c5cc(Cc6ccccc6)c(OCC6CO6)c(Cc6ccccc6)c5)cc4Cc4ccccc4)OC3=O)cc2)cc1. The Hall–Kier alpha value is -7.41. The first-order valence-corrected chi connectivity index (χ1v) is 25.9. The van der Waals surface area contributed by atoms with E-state index < -0.39 is 11.0 Å². The fraction of sp³-hybridized carbons (Fsp3) is 0.269. The van der Waals surface area contributed by atoms with Crippen LogP contribution in [-0.4, -0.2) is 43.7 Å². The summed E-state index contributed by atoms with van der Waals surface area (Å²) in [6.45, 7) is 12.8. The number of amides is 1. The molecule has 2 fully saturated rings. The van der Waals surface area contributed by atoms with Gasteiger partial charge < -0.3 is 18.9 Å². The van der Waals surface area contributed by atoms with Crippen LogP contribution in [0.3, 0.4) is 0 Å². The van der Waals surface area contributed by atoms with Gasteiger partial charge in [0.05, 0.1) is 13.2 Å². The summed E-state index contributed by atoms with van der Waals surface area (Å²) in [5, 5.41) is 0. The van der Waals surface area contributed by atoms with Crippen LogP contribution in [0.2, 0.25) is 0 Å². The minimum absolute atomic E-state index is 0.128. The Bertz CT molecular complexity index is 2990. The van der Waals surface area contributed by atoms with Crippen LogP contribution in [0.15, 0.2) is 194 Å². The van der Waals surface area contributed by atoms with Crippen LogP contribution in [0.1, 0.15) is 106 Å². The number of aryl methyl sites for hydroxylation is 1. The maximum absolute atomic E-state index is 13.6. The first-order valence-electron chi connectivity index (χ1n) is 25.9. The molecular formula is C67H67NO5. The molecule has 10 rings (SSSR count). The number of ether oxygens (including phenoxy) is 4. The Morgan fingerprint density at radius 1 is 0.507 bits per heavy atom. The van der Waals surface area contributed by atoms with Gasteiger partial charge in [-0.1, -0.05) is 201 Å². The highest BCUT2D eigenvalue weighted by atomic mass is 16.6. The summed E-state index contributed by atoms with van der Waals surface area (Å²) in [5.41, 5.74) is 15.3. The average molecular weight is 966 g/mol. The minimum atomic E-state index is -0.702. The van der Waals surface area contributed by atoms with Crippen molar-refractivity contribution in [3.8, 4) is 11.5 Å². The van der Waals surface area contributed by atoms with Crippen LogP contribution in [0.4, 0.5) is 10.5 Å². The molecule has 6 nitrogen and oxygen atoms in total. The summed E-state index contributed by atoms with van der Waals surface area (Å²) in [5.74, 6) is 1.83. The van der Waals surface area contributed by atoms with E-state index in [9.17, 15) is 4.79 Å². The standard InChI is InChI=1S/C67H67NO5/c1-47-26-28-52(29-27-47)34-53-30-32-60(33-31-53)68-44-61(72-65(68)69)43-66(2,3)73-64-56(37-50-22-14-8-15-23-50)41-59(42-57(64)38-51-24-16-9-17-25-51)67(4,5)58-39-54(35-48-18-10-6-11-19-48)63(71-46-62-45-70-62)55(40-58)36-49-20-12-7-13-21-49/h6-33,39-42,61-62H,34-38,43-46H2,1-5H3. The van der Waals surface area contributed by atoms with Crippen molar-refractivity contribution in [1.82, 2.24) is 0 Å². The molecule has 0 spiro atoms. The lowest BCUT2D eigenvalue weighted by Crippen LogP contribution is -2.35. The maximum atomic E-state index is 13.6. The zero-order chi connectivity index (χ0) is 50.4. The van der Waals surface area contributed by atoms with Crippen molar-refractivity contribution in [3.05, 3.63) is 266 Å². The van der Waals surface area contributed by atoms with E-state index in [1.165, 1.54) is 61.2 Å². The Kier molecular flexibility index (Phi) is 14.7. The highest BCUT2D eigenvalue weighted by molar-refractivity contribution is 5.89. The summed E-state index contributed by atoms with van der Waals surface area (Å²) in [6.07, 6.45) is 3.62. The first kappa shape index (κ1) is 49.2. The molecule has 0 radical (unpaired) electrons. The second kappa shape index (κ2) is 21.7. The monoisotopic (exact) mass is 966 g/mol.